The first-order chi connectivity index (χ1) is 8.69. The third kappa shape index (κ3) is 1.39. The molecule has 1 atom stereocenters. The van der Waals surface area contributed by atoms with E-state index in [4.69, 9.17) is 11.1 Å². The number of hydrogen-bond donors (Lipinski definition) is 3. The average molecular weight is 248 g/mol. The molecule has 1 unspecified atom stereocenters. The molecule has 0 radical (unpaired) electrons. The molecule has 3 rings (SSSR count). The van der Waals surface area contributed by atoms with Crippen molar-refractivity contribution in [1.82, 2.24) is 10.2 Å². The Bertz CT molecular complexity index is 425. The Morgan fingerprint density at radius 2 is 2.17 bits per heavy atom. The first-order valence-corrected chi connectivity index (χ1v) is 6.76. The maximum absolute atomic E-state index is 12.3. The quantitative estimate of drug-likeness (QED) is 0.639. The minimum atomic E-state index is -0.517. The number of nitrogens with two attached hydrogens (primary N) is 1. The van der Waals surface area contributed by atoms with E-state index in [1.165, 1.54) is 19.0 Å². The van der Waals surface area contributed by atoms with Crippen molar-refractivity contribution in [2.24, 2.45) is 5.73 Å². The van der Waals surface area contributed by atoms with Crippen molar-refractivity contribution in [3.05, 3.63) is 11.8 Å². The molecule has 1 saturated carbocycles. The molecule has 2 heterocycles. The van der Waals surface area contributed by atoms with Crippen LogP contribution >= 0.6 is 0 Å². The molecule has 5 heteroatoms. The van der Waals surface area contributed by atoms with Gasteiger partial charge in [-0.1, -0.05) is 12.8 Å². The summed E-state index contributed by atoms with van der Waals surface area (Å²) in [7, 11) is 0. The predicted octanol–water partition coefficient (Wildman–Crippen LogP) is 0.713. The maximum atomic E-state index is 12.3. The van der Waals surface area contributed by atoms with Gasteiger partial charge in [-0.3, -0.25) is 10.2 Å². The summed E-state index contributed by atoms with van der Waals surface area (Å²) in [6, 6.07) is 0.346. The number of hydrogen-bond acceptors (Lipinski definition) is 3. The smallest absolute Gasteiger partial charge is 0.246 e. The van der Waals surface area contributed by atoms with E-state index >= 15 is 0 Å². The number of amidine groups is 1. The van der Waals surface area contributed by atoms with Crippen molar-refractivity contribution in [3.63, 3.8) is 0 Å². The molecular weight excluding hydrogens is 228 g/mol. The number of carbonyl (C=O) groups is 1. The Labute approximate surface area is 107 Å². The SMILES string of the molecule is N=C1/C(=C\N)CC2(CCNC2=O)N1C1CCCC1. The molecule has 0 bridgehead atoms. The van der Waals surface area contributed by atoms with Gasteiger partial charge in [0.2, 0.25) is 5.91 Å². The summed E-state index contributed by atoms with van der Waals surface area (Å²) in [6.07, 6.45) is 7.49. The predicted molar refractivity (Wildman–Crippen MR) is 69.1 cm³/mol. The summed E-state index contributed by atoms with van der Waals surface area (Å²) in [5.41, 5.74) is 5.92. The monoisotopic (exact) mass is 248 g/mol. The fourth-order valence-electron chi connectivity index (χ4n) is 3.74. The summed E-state index contributed by atoms with van der Waals surface area (Å²) in [5.74, 6) is 0.553. The second-order valence-corrected chi connectivity index (χ2v) is 5.56. The summed E-state index contributed by atoms with van der Waals surface area (Å²) in [5, 5.41) is 11.2. The highest BCUT2D eigenvalue weighted by Crippen LogP contribution is 2.43. The van der Waals surface area contributed by atoms with Gasteiger partial charge in [0.25, 0.3) is 0 Å². The molecule has 0 aromatic heterocycles. The summed E-state index contributed by atoms with van der Waals surface area (Å²) < 4.78 is 0. The molecule has 3 aliphatic rings. The fraction of sp³-hybridized carbons (Fsp3) is 0.692. The van der Waals surface area contributed by atoms with Crippen molar-refractivity contribution in [3.8, 4) is 0 Å². The number of rotatable bonds is 1. The lowest BCUT2D eigenvalue weighted by atomic mass is 9.91. The van der Waals surface area contributed by atoms with Gasteiger partial charge in [0.05, 0.1) is 0 Å². The molecular formula is C13H20N4O. The van der Waals surface area contributed by atoms with Crippen LogP contribution < -0.4 is 11.1 Å². The van der Waals surface area contributed by atoms with Crippen LogP contribution in [-0.4, -0.2) is 34.8 Å². The van der Waals surface area contributed by atoms with Crippen LogP contribution in [0.1, 0.15) is 38.5 Å². The Kier molecular flexibility index (Phi) is 2.57. The van der Waals surface area contributed by atoms with E-state index in [9.17, 15) is 4.79 Å². The minimum Gasteiger partial charge on any atom is -0.404 e. The molecule has 18 heavy (non-hydrogen) atoms. The van der Waals surface area contributed by atoms with Crippen LogP contribution in [0.15, 0.2) is 11.8 Å². The van der Waals surface area contributed by atoms with Crippen LogP contribution in [0.25, 0.3) is 0 Å². The van der Waals surface area contributed by atoms with Crippen molar-refractivity contribution in [2.45, 2.75) is 50.1 Å². The maximum Gasteiger partial charge on any atom is 0.246 e. The van der Waals surface area contributed by atoms with Gasteiger partial charge in [-0.05, 0) is 19.3 Å². The molecule has 98 valence electrons. The largest absolute Gasteiger partial charge is 0.404 e. The number of nitrogens with one attached hydrogen (secondary N) is 2. The highest BCUT2D eigenvalue weighted by atomic mass is 16.2. The van der Waals surface area contributed by atoms with Crippen LogP contribution in [0.2, 0.25) is 0 Å². The third-order valence-corrected chi connectivity index (χ3v) is 4.63. The standard InChI is InChI=1S/C13H20N4O/c14-8-9-7-13(5-6-16-12(13)18)17(11(9)15)10-3-1-2-4-10/h8,10,15H,1-7,14H2,(H,16,18)/b9-8-,15-11?. The zero-order chi connectivity index (χ0) is 12.8. The molecule has 0 aromatic rings. The lowest BCUT2D eigenvalue weighted by molar-refractivity contribution is -0.128. The van der Waals surface area contributed by atoms with E-state index in [1.807, 2.05) is 0 Å². The molecule has 0 aromatic carbocycles. The van der Waals surface area contributed by atoms with E-state index < -0.39 is 5.54 Å². The summed E-state index contributed by atoms with van der Waals surface area (Å²) >= 11 is 0. The van der Waals surface area contributed by atoms with Gasteiger partial charge in [-0.25, -0.2) is 0 Å². The topological polar surface area (TPSA) is 82.2 Å². The fourth-order valence-corrected chi connectivity index (χ4v) is 3.74. The van der Waals surface area contributed by atoms with Gasteiger partial charge in [0.15, 0.2) is 0 Å². The van der Waals surface area contributed by atoms with Gasteiger partial charge < -0.3 is 16.0 Å². The minimum absolute atomic E-state index is 0.0796. The highest BCUT2D eigenvalue weighted by Gasteiger charge is 2.56. The molecule has 2 saturated heterocycles. The molecule has 1 aliphatic carbocycles. The Morgan fingerprint density at radius 1 is 1.44 bits per heavy atom. The summed E-state index contributed by atoms with van der Waals surface area (Å²) in [4.78, 5) is 14.3. The first-order valence-electron chi connectivity index (χ1n) is 6.76. The molecule has 5 nitrogen and oxygen atoms in total. The number of amides is 1. The van der Waals surface area contributed by atoms with Gasteiger partial charge in [0, 0.05) is 30.8 Å². The highest BCUT2D eigenvalue weighted by molar-refractivity contribution is 6.06. The van der Waals surface area contributed by atoms with E-state index in [-0.39, 0.29) is 5.91 Å². The normalized spacial score (nSPS) is 35.1. The lowest BCUT2D eigenvalue weighted by Gasteiger charge is -2.38. The van der Waals surface area contributed by atoms with E-state index in [0.29, 0.717) is 24.8 Å². The first kappa shape index (κ1) is 11.6. The number of likely N-dealkylation sites (tertiary alicyclic amines) is 1. The van der Waals surface area contributed by atoms with E-state index in [0.717, 1.165) is 24.8 Å². The van der Waals surface area contributed by atoms with Crippen LogP contribution in [0, 0.1) is 5.41 Å². The van der Waals surface area contributed by atoms with Gasteiger partial charge >= 0.3 is 0 Å². The van der Waals surface area contributed by atoms with Gasteiger partial charge in [-0.2, -0.15) is 0 Å². The third-order valence-electron chi connectivity index (χ3n) is 4.63. The van der Waals surface area contributed by atoms with Crippen molar-refractivity contribution >= 4 is 11.7 Å². The average Bonchev–Trinajstić information content (AvgIpc) is 3.03. The van der Waals surface area contributed by atoms with E-state index in [2.05, 4.69) is 10.2 Å². The number of nitrogens with zero attached hydrogens (tertiary/aromatic N) is 1. The van der Waals surface area contributed by atoms with Gasteiger partial charge in [0.1, 0.15) is 11.4 Å². The van der Waals surface area contributed by atoms with Crippen LogP contribution in [0.5, 0.6) is 0 Å². The Morgan fingerprint density at radius 3 is 2.72 bits per heavy atom. The lowest BCUT2D eigenvalue weighted by Crippen LogP contribution is -2.54. The zero-order valence-corrected chi connectivity index (χ0v) is 10.5. The van der Waals surface area contributed by atoms with Crippen LogP contribution in [-0.2, 0) is 4.79 Å². The van der Waals surface area contributed by atoms with Crippen molar-refractivity contribution in [2.75, 3.05) is 6.54 Å². The molecule has 4 N–H and O–H groups in total. The Balaban J connectivity index is 2.00. The zero-order valence-electron chi connectivity index (χ0n) is 10.5. The molecule has 1 amide bonds. The molecule has 2 aliphatic heterocycles. The summed E-state index contributed by atoms with van der Waals surface area (Å²) in [6.45, 7) is 0.715. The van der Waals surface area contributed by atoms with Crippen molar-refractivity contribution < 1.29 is 4.79 Å². The Hall–Kier alpha value is -1.52. The van der Waals surface area contributed by atoms with Crippen molar-refractivity contribution in [1.29, 1.82) is 5.41 Å². The van der Waals surface area contributed by atoms with Gasteiger partial charge in [-0.15, -0.1) is 0 Å². The molecule has 3 fully saturated rings. The molecule has 1 spiro atoms. The van der Waals surface area contributed by atoms with Crippen LogP contribution in [0.4, 0.5) is 0 Å². The van der Waals surface area contributed by atoms with Crippen LogP contribution in [0.3, 0.4) is 0 Å². The second-order valence-electron chi connectivity index (χ2n) is 5.56. The number of carbonyl (C=O) groups excluding carboxylic acids is 1. The second kappa shape index (κ2) is 4.00. The van der Waals surface area contributed by atoms with E-state index in [1.54, 1.807) is 0 Å².